The van der Waals surface area contributed by atoms with Crippen LogP contribution in [0.25, 0.3) is 0 Å². The van der Waals surface area contributed by atoms with Gasteiger partial charge in [0.2, 0.25) is 0 Å². The number of nitrogens with zero attached hydrogens (tertiary/aromatic N) is 2. The number of guanidine groups is 1. The fraction of sp³-hybridized carbons (Fsp3) is 0.588. The third kappa shape index (κ3) is 7.01. The van der Waals surface area contributed by atoms with E-state index in [0.29, 0.717) is 23.8 Å². The first kappa shape index (κ1) is 19.7. The van der Waals surface area contributed by atoms with Crippen LogP contribution in [0.1, 0.15) is 6.42 Å². The predicted molar refractivity (Wildman–Crippen MR) is 99.7 cm³/mol. The molecule has 7 nitrogen and oxygen atoms in total. The van der Waals surface area contributed by atoms with Gasteiger partial charge < -0.3 is 15.4 Å². The Hall–Kier alpha value is -1.64. The SMILES string of the molecule is CN=C(NCCCS(=O)(=O)c1ccccc1)NCCN1CCOCC1. The van der Waals surface area contributed by atoms with Crippen molar-refractivity contribution in [2.75, 3.05) is 58.7 Å². The van der Waals surface area contributed by atoms with Crippen molar-refractivity contribution in [3.63, 3.8) is 0 Å². The van der Waals surface area contributed by atoms with Gasteiger partial charge in [-0.2, -0.15) is 0 Å². The van der Waals surface area contributed by atoms with Gasteiger partial charge in [-0.25, -0.2) is 8.42 Å². The molecule has 0 aromatic heterocycles. The van der Waals surface area contributed by atoms with Gasteiger partial charge >= 0.3 is 0 Å². The van der Waals surface area contributed by atoms with Crippen molar-refractivity contribution in [1.29, 1.82) is 0 Å². The van der Waals surface area contributed by atoms with Crippen molar-refractivity contribution >= 4 is 15.8 Å². The van der Waals surface area contributed by atoms with Crippen molar-refractivity contribution in [1.82, 2.24) is 15.5 Å². The third-order valence-electron chi connectivity index (χ3n) is 4.03. The molecule has 0 atom stereocenters. The van der Waals surface area contributed by atoms with Crippen molar-refractivity contribution in [2.24, 2.45) is 4.99 Å². The van der Waals surface area contributed by atoms with Crippen LogP contribution >= 0.6 is 0 Å². The van der Waals surface area contributed by atoms with Crippen molar-refractivity contribution in [3.8, 4) is 0 Å². The van der Waals surface area contributed by atoms with Crippen LogP contribution < -0.4 is 10.6 Å². The van der Waals surface area contributed by atoms with E-state index in [9.17, 15) is 8.42 Å². The summed E-state index contributed by atoms with van der Waals surface area (Å²) in [6.45, 7) is 5.81. The molecule has 8 heteroatoms. The van der Waals surface area contributed by atoms with Gasteiger partial charge in [0, 0.05) is 39.8 Å². The summed E-state index contributed by atoms with van der Waals surface area (Å²) in [5.41, 5.74) is 0. The summed E-state index contributed by atoms with van der Waals surface area (Å²) >= 11 is 0. The average molecular weight is 369 g/mol. The Morgan fingerprint density at radius 2 is 1.84 bits per heavy atom. The van der Waals surface area contributed by atoms with Crippen molar-refractivity contribution < 1.29 is 13.2 Å². The summed E-state index contributed by atoms with van der Waals surface area (Å²) in [7, 11) is -1.50. The van der Waals surface area contributed by atoms with Crippen LogP contribution in [-0.2, 0) is 14.6 Å². The maximum Gasteiger partial charge on any atom is 0.191 e. The molecule has 25 heavy (non-hydrogen) atoms. The summed E-state index contributed by atoms with van der Waals surface area (Å²) in [4.78, 5) is 6.89. The van der Waals surface area contributed by atoms with Gasteiger partial charge in [-0.1, -0.05) is 18.2 Å². The molecule has 2 rings (SSSR count). The highest BCUT2D eigenvalue weighted by Gasteiger charge is 2.13. The van der Waals surface area contributed by atoms with Crippen LogP contribution in [0.4, 0.5) is 0 Å². The normalized spacial score (nSPS) is 16.6. The Bertz CT molecular complexity index is 629. The predicted octanol–water partition coefficient (Wildman–Crippen LogP) is 0.348. The summed E-state index contributed by atoms with van der Waals surface area (Å²) in [6.07, 6.45) is 0.529. The summed E-state index contributed by atoms with van der Waals surface area (Å²) in [5, 5.41) is 6.42. The van der Waals surface area contributed by atoms with E-state index in [4.69, 9.17) is 4.74 Å². The highest BCUT2D eigenvalue weighted by atomic mass is 32.2. The molecule has 0 saturated carbocycles. The molecule has 2 N–H and O–H groups in total. The van der Waals surface area contributed by atoms with Gasteiger partial charge in [0.15, 0.2) is 15.8 Å². The maximum absolute atomic E-state index is 12.2. The highest BCUT2D eigenvalue weighted by molar-refractivity contribution is 7.91. The number of ether oxygens (including phenoxy) is 1. The van der Waals surface area contributed by atoms with Gasteiger partial charge in [0.1, 0.15) is 0 Å². The lowest BCUT2D eigenvalue weighted by Crippen LogP contribution is -2.44. The summed E-state index contributed by atoms with van der Waals surface area (Å²) < 4.78 is 29.7. The molecule has 1 aromatic carbocycles. The first-order valence-electron chi connectivity index (χ1n) is 8.64. The number of aliphatic imine (C=N–C) groups is 1. The summed E-state index contributed by atoms with van der Waals surface area (Å²) in [6, 6.07) is 8.56. The monoisotopic (exact) mass is 368 g/mol. The van der Waals surface area contributed by atoms with E-state index in [0.717, 1.165) is 39.4 Å². The van der Waals surface area contributed by atoms with Crippen molar-refractivity contribution in [2.45, 2.75) is 11.3 Å². The maximum atomic E-state index is 12.2. The van der Waals surface area contributed by atoms with E-state index in [1.165, 1.54) is 0 Å². The molecule has 0 spiro atoms. The second kappa shape index (κ2) is 10.4. The average Bonchev–Trinajstić information content (AvgIpc) is 2.65. The van der Waals surface area contributed by atoms with E-state index in [2.05, 4.69) is 20.5 Å². The molecular formula is C17H28N4O3S. The third-order valence-corrected chi connectivity index (χ3v) is 5.85. The fourth-order valence-corrected chi connectivity index (χ4v) is 3.92. The van der Waals surface area contributed by atoms with E-state index < -0.39 is 9.84 Å². The van der Waals surface area contributed by atoms with Crippen LogP contribution in [0.5, 0.6) is 0 Å². The zero-order valence-electron chi connectivity index (χ0n) is 14.8. The van der Waals surface area contributed by atoms with Crippen LogP contribution in [0, 0.1) is 0 Å². The van der Waals surface area contributed by atoms with Crippen LogP contribution in [0.2, 0.25) is 0 Å². The molecule has 1 fully saturated rings. The Morgan fingerprint density at radius 1 is 1.16 bits per heavy atom. The van der Waals surface area contributed by atoms with E-state index in [1.54, 1.807) is 31.3 Å². The molecule has 1 saturated heterocycles. The minimum Gasteiger partial charge on any atom is -0.379 e. The molecule has 1 aliphatic heterocycles. The van der Waals surface area contributed by atoms with Gasteiger partial charge in [-0.05, 0) is 18.6 Å². The Kier molecular flexibility index (Phi) is 8.17. The lowest BCUT2D eigenvalue weighted by Gasteiger charge is -2.26. The molecule has 0 aliphatic carbocycles. The van der Waals surface area contributed by atoms with Crippen LogP contribution in [0.15, 0.2) is 40.2 Å². The molecular weight excluding hydrogens is 340 g/mol. The van der Waals surface area contributed by atoms with Gasteiger partial charge in [0.25, 0.3) is 0 Å². The number of morpholine rings is 1. The van der Waals surface area contributed by atoms with Gasteiger partial charge in [-0.15, -0.1) is 0 Å². The molecule has 1 aromatic rings. The highest BCUT2D eigenvalue weighted by Crippen LogP contribution is 2.10. The molecule has 140 valence electrons. The smallest absolute Gasteiger partial charge is 0.191 e. The van der Waals surface area contributed by atoms with E-state index in [-0.39, 0.29) is 5.75 Å². The fourth-order valence-electron chi connectivity index (χ4n) is 2.59. The Balaban J connectivity index is 1.64. The number of benzene rings is 1. The second-order valence-electron chi connectivity index (χ2n) is 5.87. The number of rotatable bonds is 8. The van der Waals surface area contributed by atoms with Gasteiger partial charge in [0.05, 0.1) is 23.9 Å². The zero-order chi connectivity index (χ0) is 18.0. The topological polar surface area (TPSA) is 83.0 Å². The largest absolute Gasteiger partial charge is 0.379 e. The molecule has 0 bridgehead atoms. The standard InChI is InChI=1S/C17H28N4O3S/c1-18-17(20-9-10-21-11-13-24-14-12-21)19-8-5-15-25(22,23)16-6-3-2-4-7-16/h2-4,6-7H,5,8-15H2,1H3,(H2,18,19,20). The van der Waals surface area contributed by atoms with Crippen LogP contribution in [-0.4, -0.2) is 78.0 Å². The minimum absolute atomic E-state index is 0.120. The molecule has 0 unspecified atom stereocenters. The van der Waals surface area contributed by atoms with Crippen LogP contribution in [0.3, 0.4) is 0 Å². The lowest BCUT2D eigenvalue weighted by molar-refractivity contribution is 0.0389. The number of nitrogens with one attached hydrogen (secondary N) is 2. The molecule has 1 aliphatic rings. The number of hydrogen-bond donors (Lipinski definition) is 2. The first-order valence-corrected chi connectivity index (χ1v) is 10.3. The quantitative estimate of drug-likeness (QED) is 0.391. The van der Waals surface area contributed by atoms with Gasteiger partial charge in [-0.3, -0.25) is 9.89 Å². The van der Waals surface area contributed by atoms with E-state index >= 15 is 0 Å². The molecule has 0 amide bonds. The van der Waals surface area contributed by atoms with Crippen molar-refractivity contribution in [3.05, 3.63) is 30.3 Å². The summed E-state index contributed by atoms with van der Waals surface area (Å²) in [5.74, 6) is 0.819. The minimum atomic E-state index is -3.22. The number of hydrogen-bond acceptors (Lipinski definition) is 5. The molecule has 1 heterocycles. The lowest BCUT2D eigenvalue weighted by atomic mass is 10.4. The molecule has 0 radical (unpaired) electrons. The van der Waals surface area contributed by atoms with E-state index in [1.807, 2.05) is 6.07 Å². The second-order valence-corrected chi connectivity index (χ2v) is 7.97. The number of sulfone groups is 1. The first-order chi connectivity index (χ1) is 12.1. The Labute approximate surface area is 150 Å². The Morgan fingerprint density at radius 3 is 2.52 bits per heavy atom. The zero-order valence-corrected chi connectivity index (χ0v) is 15.6.